The summed E-state index contributed by atoms with van der Waals surface area (Å²) in [7, 11) is 3.67. The lowest BCUT2D eigenvalue weighted by molar-refractivity contribution is 0.405. The molecule has 1 unspecified atom stereocenters. The summed E-state index contributed by atoms with van der Waals surface area (Å²) >= 11 is 7.09. The van der Waals surface area contributed by atoms with E-state index in [0.29, 0.717) is 0 Å². The number of rotatable bonds is 4. The number of benzene rings is 2. The van der Waals surface area contributed by atoms with Crippen molar-refractivity contribution >= 4 is 31.9 Å². The number of hydrogen-bond acceptors (Lipinski definition) is 2. The Morgan fingerprint density at radius 2 is 1.70 bits per heavy atom. The van der Waals surface area contributed by atoms with Gasteiger partial charge in [0.15, 0.2) is 0 Å². The van der Waals surface area contributed by atoms with Crippen LogP contribution in [-0.4, -0.2) is 14.2 Å². The molecule has 0 spiro atoms. The molecular weight excluding hydrogens is 382 g/mol. The average Bonchev–Trinajstić information content (AvgIpc) is 2.39. The molecule has 0 radical (unpaired) electrons. The lowest BCUT2D eigenvalue weighted by Gasteiger charge is -2.21. The maximum atomic E-state index is 5.50. The molecule has 1 N–H and O–H groups in total. The summed E-state index contributed by atoms with van der Waals surface area (Å²) in [4.78, 5) is 0. The fourth-order valence-corrected chi connectivity index (χ4v) is 3.65. The highest BCUT2D eigenvalue weighted by Crippen LogP contribution is 2.33. The molecule has 0 aliphatic carbocycles. The Balaban J connectivity index is 2.54. The maximum absolute atomic E-state index is 5.50. The van der Waals surface area contributed by atoms with Gasteiger partial charge in [-0.3, -0.25) is 0 Å². The van der Waals surface area contributed by atoms with Crippen molar-refractivity contribution < 1.29 is 4.74 Å². The molecule has 0 amide bonds. The number of methoxy groups -OCH3 is 1. The van der Waals surface area contributed by atoms with Crippen LogP contribution >= 0.6 is 31.9 Å². The van der Waals surface area contributed by atoms with Crippen LogP contribution < -0.4 is 10.1 Å². The fourth-order valence-electron chi connectivity index (χ4n) is 2.32. The van der Waals surface area contributed by atoms with Gasteiger partial charge in [0.25, 0.3) is 0 Å². The molecule has 0 fully saturated rings. The van der Waals surface area contributed by atoms with E-state index in [1.54, 1.807) is 7.11 Å². The highest BCUT2D eigenvalue weighted by atomic mass is 79.9. The third kappa shape index (κ3) is 3.43. The molecule has 106 valence electrons. The second kappa shape index (κ2) is 6.74. The molecule has 0 saturated heterocycles. The van der Waals surface area contributed by atoms with E-state index in [9.17, 15) is 0 Å². The Labute approximate surface area is 136 Å². The summed E-state index contributed by atoms with van der Waals surface area (Å²) in [6, 6.07) is 12.6. The van der Waals surface area contributed by atoms with E-state index < -0.39 is 0 Å². The Hall–Kier alpha value is -0.840. The van der Waals surface area contributed by atoms with E-state index in [1.165, 1.54) is 11.1 Å². The van der Waals surface area contributed by atoms with Crippen molar-refractivity contribution in [3.05, 3.63) is 62.0 Å². The molecule has 2 rings (SSSR count). The van der Waals surface area contributed by atoms with Gasteiger partial charge in [-0.05, 0) is 43.8 Å². The number of hydrogen-bond donors (Lipinski definition) is 1. The molecule has 0 aliphatic heterocycles. The first-order valence-electron chi connectivity index (χ1n) is 6.33. The van der Waals surface area contributed by atoms with Gasteiger partial charge in [-0.2, -0.15) is 0 Å². The zero-order valence-corrected chi connectivity index (χ0v) is 14.9. The van der Waals surface area contributed by atoms with Gasteiger partial charge < -0.3 is 10.1 Å². The summed E-state index contributed by atoms with van der Waals surface area (Å²) < 4.78 is 7.60. The van der Waals surface area contributed by atoms with Crippen molar-refractivity contribution in [3.8, 4) is 5.75 Å². The van der Waals surface area contributed by atoms with E-state index in [4.69, 9.17) is 4.74 Å². The van der Waals surface area contributed by atoms with Crippen LogP contribution in [0.5, 0.6) is 5.75 Å². The summed E-state index contributed by atoms with van der Waals surface area (Å²) in [5, 5.41) is 3.37. The van der Waals surface area contributed by atoms with Crippen molar-refractivity contribution in [2.24, 2.45) is 0 Å². The van der Waals surface area contributed by atoms with Crippen LogP contribution in [0.3, 0.4) is 0 Å². The number of ether oxygens (including phenoxy) is 1. The zero-order chi connectivity index (χ0) is 14.7. The van der Waals surface area contributed by atoms with Crippen LogP contribution in [0.2, 0.25) is 0 Å². The van der Waals surface area contributed by atoms with Crippen molar-refractivity contribution in [3.63, 3.8) is 0 Å². The first-order valence-corrected chi connectivity index (χ1v) is 7.91. The van der Waals surface area contributed by atoms with E-state index in [0.717, 1.165) is 20.3 Å². The largest absolute Gasteiger partial charge is 0.496 e. The maximum Gasteiger partial charge on any atom is 0.123 e. The molecule has 2 aromatic rings. The van der Waals surface area contributed by atoms with Gasteiger partial charge in [-0.1, -0.05) is 49.6 Å². The van der Waals surface area contributed by atoms with Crippen molar-refractivity contribution in [2.45, 2.75) is 13.0 Å². The van der Waals surface area contributed by atoms with E-state index in [-0.39, 0.29) is 6.04 Å². The van der Waals surface area contributed by atoms with Gasteiger partial charge >= 0.3 is 0 Å². The Bertz CT molecular complexity index is 593. The van der Waals surface area contributed by atoms with Crippen LogP contribution in [0.15, 0.2) is 45.3 Å². The summed E-state index contributed by atoms with van der Waals surface area (Å²) in [6.07, 6.45) is 0. The summed E-state index contributed by atoms with van der Waals surface area (Å²) in [6.45, 7) is 2.09. The second-order valence-corrected chi connectivity index (χ2v) is 6.50. The van der Waals surface area contributed by atoms with Crippen molar-refractivity contribution in [1.29, 1.82) is 0 Å². The molecular formula is C16H17Br2NO. The minimum Gasteiger partial charge on any atom is -0.496 e. The number of nitrogens with one attached hydrogen (secondary N) is 1. The van der Waals surface area contributed by atoms with Gasteiger partial charge in [-0.15, -0.1) is 0 Å². The monoisotopic (exact) mass is 397 g/mol. The average molecular weight is 399 g/mol. The smallest absolute Gasteiger partial charge is 0.123 e. The lowest BCUT2D eigenvalue weighted by atomic mass is 9.96. The quantitative estimate of drug-likeness (QED) is 0.795. The number of aryl methyl sites for hydroxylation is 1. The van der Waals surface area contributed by atoms with Crippen molar-refractivity contribution in [2.75, 3.05) is 14.2 Å². The minimum atomic E-state index is 0.0821. The third-order valence-electron chi connectivity index (χ3n) is 3.20. The Kier molecular flexibility index (Phi) is 5.24. The molecule has 0 bridgehead atoms. The minimum absolute atomic E-state index is 0.0821. The second-order valence-electron chi connectivity index (χ2n) is 4.67. The molecule has 0 heterocycles. The SMILES string of the molecule is CNC(c1cc(Br)cc(Br)c1)c1cc(C)ccc1OC. The predicted octanol–water partition coefficient (Wildman–Crippen LogP) is 4.84. The number of halogens is 2. The molecule has 0 aliphatic rings. The molecule has 20 heavy (non-hydrogen) atoms. The Morgan fingerprint density at radius 3 is 2.25 bits per heavy atom. The van der Waals surface area contributed by atoms with Gasteiger partial charge in [0.05, 0.1) is 13.2 Å². The van der Waals surface area contributed by atoms with Gasteiger partial charge in [0, 0.05) is 14.5 Å². The topological polar surface area (TPSA) is 21.3 Å². The third-order valence-corrected chi connectivity index (χ3v) is 4.12. The van der Waals surface area contributed by atoms with Crippen LogP contribution in [0.4, 0.5) is 0 Å². The highest BCUT2D eigenvalue weighted by molar-refractivity contribution is 9.11. The van der Waals surface area contributed by atoms with Crippen LogP contribution in [0, 0.1) is 6.92 Å². The fraction of sp³-hybridized carbons (Fsp3) is 0.250. The van der Waals surface area contributed by atoms with E-state index in [1.807, 2.05) is 19.2 Å². The van der Waals surface area contributed by atoms with E-state index in [2.05, 4.69) is 68.4 Å². The van der Waals surface area contributed by atoms with Gasteiger partial charge in [0.2, 0.25) is 0 Å². The lowest BCUT2D eigenvalue weighted by Crippen LogP contribution is -2.18. The summed E-state index contributed by atoms with van der Waals surface area (Å²) in [5.74, 6) is 0.894. The molecule has 0 saturated carbocycles. The first-order chi connectivity index (χ1) is 9.55. The predicted molar refractivity (Wildman–Crippen MR) is 90.5 cm³/mol. The van der Waals surface area contributed by atoms with Crippen molar-refractivity contribution in [1.82, 2.24) is 5.32 Å². The summed E-state index contributed by atoms with van der Waals surface area (Å²) in [5.41, 5.74) is 3.53. The van der Waals surface area contributed by atoms with Crippen LogP contribution in [0.25, 0.3) is 0 Å². The van der Waals surface area contributed by atoms with Gasteiger partial charge in [-0.25, -0.2) is 0 Å². The molecule has 2 aromatic carbocycles. The molecule has 0 aromatic heterocycles. The Morgan fingerprint density at radius 1 is 1.05 bits per heavy atom. The van der Waals surface area contributed by atoms with Gasteiger partial charge in [0.1, 0.15) is 5.75 Å². The van der Waals surface area contributed by atoms with Crippen LogP contribution in [-0.2, 0) is 0 Å². The zero-order valence-electron chi connectivity index (χ0n) is 11.7. The standard InChI is InChI=1S/C16H17Br2NO/c1-10-4-5-15(20-3)14(6-10)16(19-2)11-7-12(17)9-13(18)8-11/h4-9,16,19H,1-3H3. The molecule has 1 atom stereocenters. The molecule has 4 heteroatoms. The first kappa shape index (κ1) is 15.5. The normalized spacial score (nSPS) is 12.2. The van der Waals surface area contributed by atoms with E-state index >= 15 is 0 Å². The highest BCUT2D eigenvalue weighted by Gasteiger charge is 2.17. The molecule has 2 nitrogen and oxygen atoms in total. The van der Waals surface area contributed by atoms with Crippen LogP contribution in [0.1, 0.15) is 22.7 Å².